The summed E-state index contributed by atoms with van der Waals surface area (Å²) in [6.45, 7) is 0.650. The number of methoxy groups -OCH3 is 2. The van der Waals surface area contributed by atoms with E-state index in [-0.39, 0.29) is 17.0 Å². The number of nitrogens with zero attached hydrogens (tertiary/aromatic N) is 2. The molecule has 28 heavy (non-hydrogen) atoms. The van der Waals surface area contributed by atoms with Crippen LogP contribution < -0.4 is 4.90 Å². The first-order valence-corrected chi connectivity index (χ1v) is 8.88. The minimum atomic E-state index is -0.604. The monoisotopic (exact) mass is 378 g/mol. The highest BCUT2D eigenvalue weighted by molar-refractivity contribution is 6.55. The van der Waals surface area contributed by atoms with Crippen molar-refractivity contribution in [1.29, 1.82) is 0 Å². The molecule has 7 nitrogen and oxygen atoms in total. The Morgan fingerprint density at radius 1 is 1.04 bits per heavy atom. The molecule has 2 aromatic carbocycles. The molecule has 0 aliphatic carbocycles. The average Bonchev–Trinajstić information content (AvgIpc) is 3.00. The van der Waals surface area contributed by atoms with E-state index >= 15 is 0 Å². The van der Waals surface area contributed by atoms with Crippen molar-refractivity contribution < 1.29 is 23.9 Å². The first kappa shape index (κ1) is 17.9. The van der Waals surface area contributed by atoms with Crippen LogP contribution in [0.5, 0.6) is 0 Å². The summed E-state index contributed by atoms with van der Waals surface area (Å²) in [6, 6.07) is 10.2. The largest absolute Gasteiger partial charge is 0.465 e. The molecule has 2 heterocycles. The van der Waals surface area contributed by atoms with E-state index in [4.69, 9.17) is 9.47 Å². The Kier molecular flexibility index (Phi) is 4.43. The van der Waals surface area contributed by atoms with Crippen LogP contribution >= 0.6 is 0 Å². The lowest BCUT2D eigenvalue weighted by Gasteiger charge is -2.24. The molecular weight excluding hydrogens is 360 g/mol. The lowest BCUT2D eigenvalue weighted by molar-refractivity contribution is -0.112. The molecule has 0 radical (unpaired) electrons. The Morgan fingerprint density at radius 3 is 2.36 bits per heavy atom. The normalized spacial score (nSPS) is 16.1. The molecule has 7 heteroatoms. The molecule has 0 N–H and O–H groups in total. The van der Waals surface area contributed by atoms with Gasteiger partial charge in [-0.1, -0.05) is 18.2 Å². The zero-order valence-electron chi connectivity index (χ0n) is 15.5. The van der Waals surface area contributed by atoms with Crippen LogP contribution in [0.2, 0.25) is 0 Å². The zero-order valence-corrected chi connectivity index (χ0v) is 15.5. The van der Waals surface area contributed by atoms with Crippen LogP contribution in [0.15, 0.2) is 41.4 Å². The molecular formula is C21H18N2O5. The van der Waals surface area contributed by atoms with Gasteiger partial charge in [-0.05, 0) is 36.6 Å². The molecule has 0 atom stereocenters. The molecule has 0 spiro atoms. The van der Waals surface area contributed by atoms with Gasteiger partial charge in [-0.25, -0.2) is 14.6 Å². The van der Waals surface area contributed by atoms with E-state index in [1.54, 1.807) is 4.90 Å². The molecule has 0 bridgehead atoms. The van der Waals surface area contributed by atoms with Gasteiger partial charge >= 0.3 is 11.9 Å². The molecule has 142 valence electrons. The third-order valence-corrected chi connectivity index (χ3v) is 4.92. The van der Waals surface area contributed by atoms with Crippen molar-refractivity contribution in [3.63, 3.8) is 0 Å². The number of carbonyl (C=O) groups excluding carboxylic acids is 3. The van der Waals surface area contributed by atoms with Gasteiger partial charge in [0.25, 0.3) is 5.91 Å². The summed E-state index contributed by atoms with van der Waals surface area (Å²) in [5, 5.41) is 0. The fourth-order valence-electron chi connectivity index (χ4n) is 3.67. The van der Waals surface area contributed by atoms with Gasteiger partial charge in [0.05, 0.1) is 36.7 Å². The van der Waals surface area contributed by atoms with Crippen molar-refractivity contribution in [2.24, 2.45) is 4.99 Å². The fourth-order valence-corrected chi connectivity index (χ4v) is 3.67. The van der Waals surface area contributed by atoms with Gasteiger partial charge in [0, 0.05) is 12.1 Å². The summed E-state index contributed by atoms with van der Waals surface area (Å²) in [7, 11) is 2.51. The minimum absolute atomic E-state index is 0.158. The molecule has 0 saturated heterocycles. The summed E-state index contributed by atoms with van der Waals surface area (Å²) in [6.07, 6.45) is 1.82. The summed E-state index contributed by atoms with van der Waals surface area (Å²) in [5.41, 5.74) is 3.73. The summed E-state index contributed by atoms with van der Waals surface area (Å²) in [5.74, 6) is -1.38. The predicted octanol–water partition coefficient (Wildman–Crippen LogP) is 2.67. The number of carbonyl (C=O) groups is 3. The summed E-state index contributed by atoms with van der Waals surface area (Å²) < 4.78 is 9.50. The Bertz CT molecular complexity index is 1010. The molecule has 2 aliphatic rings. The Morgan fingerprint density at radius 2 is 1.71 bits per heavy atom. The second kappa shape index (κ2) is 6.92. The second-order valence-electron chi connectivity index (χ2n) is 6.59. The SMILES string of the molecule is COC(=O)c1cc(N=C2C(=O)N3CCCc4cccc2c43)cc(C(=O)OC)c1. The van der Waals surface area contributed by atoms with Gasteiger partial charge in [-0.15, -0.1) is 0 Å². The van der Waals surface area contributed by atoms with E-state index in [0.29, 0.717) is 17.9 Å². The number of ether oxygens (including phenoxy) is 2. The van der Waals surface area contributed by atoms with Gasteiger partial charge in [-0.3, -0.25) is 4.79 Å². The molecule has 0 saturated carbocycles. The van der Waals surface area contributed by atoms with Crippen molar-refractivity contribution in [2.75, 3.05) is 25.7 Å². The third kappa shape index (κ3) is 2.85. The predicted molar refractivity (Wildman–Crippen MR) is 102 cm³/mol. The number of rotatable bonds is 3. The van der Waals surface area contributed by atoms with Gasteiger partial charge < -0.3 is 14.4 Å². The van der Waals surface area contributed by atoms with Crippen LogP contribution in [0, 0.1) is 0 Å². The van der Waals surface area contributed by atoms with Crippen LogP contribution in [-0.2, 0) is 20.7 Å². The number of hydrogen-bond donors (Lipinski definition) is 0. The highest BCUT2D eigenvalue weighted by atomic mass is 16.5. The molecule has 4 rings (SSSR count). The van der Waals surface area contributed by atoms with E-state index in [9.17, 15) is 14.4 Å². The highest BCUT2D eigenvalue weighted by Crippen LogP contribution is 2.37. The van der Waals surface area contributed by atoms with Crippen molar-refractivity contribution in [1.82, 2.24) is 0 Å². The van der Waals surface area contributed by atoms with E-state index in [0.717, 1.165) is 29.7 Å². The van der Waals surface area contributed by atoms with E-state index in [2.05, 4.69) is 4.99 Å². The Labute approximate surface area is 161 Å². The molecule has 2 aromatic rings. The third-order valence-electron chi connectivity index (χ3n) is 4.92. The fraction of sp³-hybridized carbons (Fsp3) is 0.238. The summed E-state index contributed by atoms with van der Waals surface area (Å²) >= 11 is 0. The van der Waals surface area contributed by atoms with Crippen LogP contribution in [0.1, 0.15) is 38.3 Å². The lowest BCUT2D eigenvalue weighted by atomic mass is 10.00. The van der Waals surface area contributed by atoms with Gasteiger partial charge in [0.15, 0.2) is 0 Å². The maximum Gasteiger partial charge on any atom is 0.337 e. The van der Waals surface area contributed by atoms with E-state index in [1.807, 2.05) is 18.2 Å². The Hall–Kier alpha value is -3.48. The summed E-state index contributed by atoms with van der Waals surface area (Å²) in [4.78, 5) is 43.2. The van der Waals surface area contributed by atoms with Crippen molar-refractivity contribution in [3.05, 3.63) is 58.7 Å². The van der Waals surface area contributed by atoms with E-state index in [1.165, 1.54) is 32.4 Å². The molecule has 0 fully saturated rings. The van der Waals surface area contributed by atoms with Crippen LogP contribution in [0.4, 0.5) is 11.4 Å². The van der Waals surface area contributed by atoms with Crippen molar-refractivity contribution in [3.8, 4) is 0 Å². The smallest absolute Gasteiger partial charge is 0.337 e. The number of para-hydroxylation sites is 1. The van der Waals surface area contributed by atoms with Crippen LogP contribution in [0.25, 0.3) is 0 Å². The maximum atomic E-state index is 12.9. The number of aliphatic imine (C=N–C) groups is 1. The van der Waals surface area contributed by atoms with E-state index < -0.39 is 11.9 Å². The number of aryl methyl sites for hydroxylation is 1. The molecule has 1 amide bonds. The van der Waals surface area contributed by atoms with Gasteiger partial charge in [0.2, 0.25) is 0 Å². The molecule has 0 aromatic heterocycles. The number of amides is 1. The number of anilines is 1. The lowest BCUT2D eigenvalue weighted by Crippen LogP contribution is -2.33. The van der Waals surface area contributed by atoms with Gasteiger partial charge in [-0.2, -0.15) is 0 Å². The highest BCUT2D eigenvalue weighted by Gasteiger charge is 2.37. The number of hydrogen-bond acceptors (Lipinski definition) is 6. The number of esters is 2. The maximum absolute atomic E-state index is 12.9. The first-order chi connectivity index (χ1) is 13.5. The van der Waals surface area contributed by atoms with Gasteiger partial charge in [0.1, 0.15) is 5.71 Å². The topological polar surface area (TPSA) is 85.3 Å². The first-order valence-electron chi connectivity index (χ1n) is 8.88. The van der Waals surface area contributed by atoms with Crippen LogP contribution in [0.3, 0.4) is 0 Å². The van der Waals surface area contributed by atoms with Crippen molar-refractivity contribution in [2.45, 2.75) is 12.8 Å². The zero-order chi connectivity index (χ0) is 19.8. The minimum Gasteiger partial charge on any atom is -0.465 e. The molecule has 0 unspecified atom stereocenters. The number of benzene rings is 2. The quantitative estimate of drug-likeness (QED) is 0.767. The Balaban J connectivity index is 1.85. The standard InChI is InChI=1S/C21H18N2O5/c1-27-20(25)13-9-14(21(26)28-2)11-15(10-13)22-17-16-7-3-5-12-6-4-8-23(18(12)16)19(17)24/h3,5,7,9-11H,4,6,8H2,1-2H3. The second-order valence-corrected chi connectivity index (χ2v) is 6.59. The average molecular weight is 378 g/mol. The van der Waals surface area contributed by atoms with Crippen molar-refractivity contribution >= 4 is 34.9 Å². The van der Waals surface area contributed by atoms with Crippen LogP contribution in [-0.4, -0.2) is 44.3 Å². The molecule has 2 aliphatic heterocycles.